The lowest BCUT2D eigenvalue weighted by atomic mass is 10.1. The molecule has 0 aromatic heterocycles. The average molecular weight is 149 g/mol. The van der Waals surface area contributed by atoms with Crippen LogP contribution in [0.25, 0.3) is 0 Å². The lowest BCUT2D eigenvalue weighted by Gasteiger charge is -1.99. The Hall–Kier alpha value is -0.820. The second kappa shape index (κ2) is 4.14. The van der Waals surface area contributed by atoms with Gasteiger partial charge in [0.25, 0.3) is 0 Å². The molecule has 1 aromatic rings. The molecular formula is C10H15N. The molecule has 0 unspecified atom stereocenters. The van der Waals surface area contributed by atoms with E-state index in [2.05, 4.69) is 31.2 Å². The Morgan fingerprint density at radius 2 is 1.82 bits per heavy atom. The van der Waals surface area contributed by atoms with Crippen molar-refractivity contribution in [3.8, 4) is 0 Å². The van der Waals surface area contributed by atoms with Gasteiger partial charge in [-0.25, -0.2) is 0 Å². The molecule has 0 radical (unpaired) electrons. The molecule has 1 heteroatoms. The maximum atomic E-state index is 5.41. The van der Waals surface area contributed by atoms with Gasteiger partial charge < -0.3 is 5.73 Å². The summed E-state index contributed by atoms with van der Waals surface area (Å²) in [4.78, 5) is 0. The summed E-state index contributed by atoms with van der Waals surface area (Å²) in [5.74, 6) is 0. The number of hydrogen-bond donors (Lipinski definition) is 1. The van der Waals surface area contributed by atoms with Gasteiger partial charge in [0.2, 0.25) is 0 Å². The third-order valence-electron chi connectivity index (χ3n) is 1.79. The lowest BCUT2D eigenvalue weighted by molar-refractivity contribution is 0.832. The first-order valence-electron chi connectivity index (χ1n) is 4.08. The van der Waals surface area contributed by atoms with Crippen LogP contribution in [0.5, 0.6) is 0 Å². The predicted molar refractivity (Wildman–Crippen MR) is 48.6 cm³/mol. The molecule has 0 amide bonds. The topological polar surface area (TPSA) is 26.0 Å². The lowest BCUT2D eigenvalue weighted by Crippen LogP contribution is -2.00. The minimum Gasteiger partial charge on any atom is -0.330 e. The highest BCUT2D eigenvalue weighted by atomic mass is 14.5. The van der Waals surface area contributed by atoms with Crippen molar-refractivity contribution >= 4 is 0 Å². The van der Waals surface area contributed by atoms with Gasteiger partial charge in [-0.3, -0.25) is 0 Å². The zero-order valence-corrected chi connectivity index (χ0v) is 7.01. The summed E-state index contributed by atoms with van der Waals surface area (Å²) in [6.45, 7) is 2.89. The van der Waals surface area contributed by atoms with Crippen molar-refractivity contribution in [2.24, 2.45) is 5.73 Å². The molecule has 0 saturated carbocycles. The largest absolute Gasteiger partial charge is 0.330 e. The van der Waals surface area contributed by atoms with E-state index in [0.29, 0.717) is 0 Å². The first kappa shape index (κ1) is 8.28. The van der Waals surface area contributed by atoms with Gasteiger partial charge in [0.15, 0.2) is 0 Å². The predicted octanol–water partition coefficient (Wildman–Crippen LogP) is 1.89. The van der Waals surface area contributed by atoms with Crippen molar-refractivity contribution in [1.82, 2.24) is 0 Å². The van der Waals surface area contributed by atoms with E-state index in [1.807, 2.05) is 0 Å². The van der Waals surface area contributed by atoms with Crippen LogP contribution >= 0.6 is 0 Å². The summed E-state index contributed by atoms with van der Waals surface area (Å²) in [6, 6.07) is 8.63. The summed E-state index contributed by atoms with van der Waals surface area (Å²) in [7, 11) is 0. The molecule has 0 bridgehead atoms. The van der Waals surface area contributed by atoms with Gasteiger partial charge in [-0.1, -0.05) is 29.8 Å². The van der Waals surface area contributed by atoms with Crippen molar-refractivity contribution in [2.45, 2.75) is 19.8 Å². The number of benzene rings is 1. The summed E-state index contributed by atoms with van der Waals surface area (Å²) < 4.78 is 0. The van der Waals surface area contributed by atoms with E-state index in [9.17, 15) is 0 Å². The average Bonchev–Trinajstić information content (AvgIpc) is 2.04. The van der Waals surface area contributed by atoms with Crippen molar-refractivity contribution < 1.29 is 0 Å². The van der Waals surface area contributed by atoms with E-state index in [-0.39, 0.29) is 0 Å². The molecule has 0 aliphatic carbocycles. The van der Waals surface area contributed by atoms with Crippen LogP contribution in [0.2, 0.25) is 0 Å². The van der Waals surface area contributed by atoms with E-state index in [1.54, 1.807) is 0 Å². The van der Waals surface area contributed by atoms with E-state index >= 15 is 0 Å². The summed E-state index contributed by atoms with van der Waals surface area (Å²) >= 11 is 0. The van der Waals surface area contributed by atoms with E-state index in [4.69, 9.17) is 5.73 Å². The quantitative estimate of drug-likeness (QED) is 0.697. The number of hydrogen-bond acceptors (Lipinski definition) is 1. The fourth-order valence-corrected chi connectivity index (χ4v) is 1.06. The molecule has 0 saturated heterocycles. The minimum absolute atomic E-state index is 0.786. The molecule has 60 valence electrons. The fourth-order valence-electron chi connectivity index (χ4n) is 1.06. The van der Waals surface area contributed by atoms with Crippen LogP contribution in [0.1, 0.15) is 17.5 Å². The van der Waals surface area contributed by atoms with Gasteiger partial charge in [0.05, 0.1) is 0 Å². The van der Waals surface area contributed by atoms with E-state index in [0.717, 1.165) is 19.4 Å². The molecule has 0 aliphatic rings. The number of aryl methyl sites for hydroxylation is 2. The Bertz CT molecular complexity index is 201. The highest BCUT2D eigenvalue weighted by Gasteiger charge is 1.90. The minimum atomic E-state index is 0.786. The maximum absolute atomic E-state index is 5.41. The molecule has 0 spiro atoms. The van der Waals surface area contributed by atoms with E-state index in [1.165, 1.54) is 11.1 Å². The van der Waals surface area contributed by atoms with E-state index < -0.39 is 0 Å². The van der Waals surface area contributed by atoms with Crippen molar-refractivity contribution in [3.05, 3.63) is 35.4 Å². The zero-order chi connectivity index (χ0) is 8.10. The van der Waals surface area contributed by atoms with Gasteiger partial charge in [0, 0.05) is 0 Å². The molecule has 1 nitrogen and oxygen atoms in total. The number of rotatable bonds is 3. The molecule has 0 heterocycles. The van der Waals surface area contributed by atoms with Crippen LogP contribution in [0.15, 0.2) is 24.3 Å². The van der Waals surface area contributed by atoms with Crippen molar-refractivity contribution in [1.29, 1.82) is 0 Å². The van der Waals surface area contributed by atoms with Crippen molar-refractivity contribution in [3.63, 3.8) is 0 Å². The van der Waals surface area contributed by atoms with Gasteiger partial charge >= 0.3 is 0 Å². The smallest absolute Gasteiger partial charge is 0.00741 e. The number of nitrogens with two attached hydrogens (primary N) is 1. The van der Waals surface area contributed by atoms with Crippen LogP contribution in [0.3, 0.4) is 0 Å². The third kappa shape index (κ3) is 2.72. The summed E-state index contributed by atoms with van der Waals surface area (Å²) in [5, 5.41) is 0. The third-order valence-corrected chi connectivity index (χ3v) is 1.79. The second-order valence-electron chi connectivity index (χ2n) is 2.88. The Labute approximate surface area is 68.2 Å². The SMILES string of the molecule is Cc1ccc(CCCN)cc1. The van der Waals surface area contributed by atoms with Crippen LogP contribution in [0.4, 0.5) is 0 Å². The Morgan fingerprint density at radius 3 is 2.36 bits per heavy atom. The fraction of sp³-hybridized carbons (Fsp3) is 0.400. The van der Waals surface area contributed by atoms with Gasteiger partial charge in [-0.2, -0.15) is 0 Å². The zero-order valence-electron chi connectivity index (χ0n) is 7.01. The van der Waals surface area contributed by atoms with Crippen LogP contribution < -0.4 is 5.73 Å². The molecule has 2 N–H and O–H groups in total. The molecule has 0 fully saturated rings. The normalized spacial score (nSPS) is 10.0. The molecule has 1 aromatic carbocycles. The summed E-state index contributed by atoms with van der Waals surface area (Å²) in [5.41, 5.74) is 8.12. The molecule has 0 aliphatic heterocycles. The second-order valence-corrected chi connectivity index (χ2v) is 2.88. The Morgan fingerprint density at radius 1 is 1.18 bits per heavy atom. The Kier molecular flexibility index (Phi) is 3.12. The standard InChI is InChI=1S/C10H15N/c1-9-4-6-10(7-5-9)3-2-8-11/h4-7H,2-3,8,11H2,1H3. The van der Waals surface area contributed by atoms with Gasteiger partial charge in [0.1, 0.15) is 0 Å². The highest BCUT2D eigenvalue weighted by molar-refractivity contribution is 5.21. The van der Waals surface area contributed by atoms with Gasteiger partial charge in [-0.05, 0) is 31.9 Å². The molecule has 11 heavy (non-hydrogen) atoms. The monoisotopic (exact) mass is 149 g/mol. The van der Waals surface area contributed by atoms with Crippen LogP contribution in [-0.4, -0.2) is 6.54 Å². The highest BCUT2D eigenvalue weighted by Crippen LogP contribution is 2.04. The Balaban J connectivity index is 2.52. The molecular weight excluding hydrogens is 134 g/mol. The first-order chi connectivity index (χ1) is 5.33. The molecule has 0 atom stereocenters. The maximum Gasteiger partial charge on any atom is -0.00741 e. The summed E-state index contributed by atoms with van der Waals surface area (Å²) in [6.07, 6.45) is 2.19. The molecule has 1 rings (SSSR count). The van der Waals surface area contributed by atoms with Crippen LogP contribution in [-0.2, 0) is 6.42 Å². The first-order valence-corrected chi connectivity index (χ1v) is 4.08. The van der Waals surface area contributed by atoms with Gasteiger partial charge in [-0.15, -0.1) is 0 Å². The van der Waals surface area contributed by atoms with Crippen molar-refractivity contribution in [2.75, 3.05) is 6.54 Å². The van der Waals surface area contributed by atoms with Crippen LogP contribution in [0, 0.1) is 6.92 Å².